The van der Waals surface area contributed by atoms with Crippen molar-refractivity contribution in [2.75, 3.05) is 5.73 Å². The number of carbonyl (C=O) groups is 1. The van der Waals surface area contributed by atoms with E-state index in [0.717, 1.165) is 10.2 Å². The Labute approximate surface area is 148 Å². The maximum Gasteiger partial charge on any atom is 0.211 e. The van der Waals surface area contributed by atoms with Crippen LogP contribution in [0.2, 0.25) is 0 Å². The highest BCUT2D eigenvalue weighted by atomic mass is 79.9. The average Bonchev–Trinajstić information content (AvgIpc) is 2.85. The fourth-order valence-electron chi connectivity index (χ4n) is 2.72. The number of para-hydroxylation sites is 1. The Balaban J connectivity index is 2.26. The molecule has 4 nitrogen and oxygen atoms in total. The number of aromatic nitrogens is 1. The Kier molecular flexibility index (Phi) is 4.24. The molecule has 0 aliphatic heterocycles. The first-order chi connectivity index (χ1) is 11.5. The number of benzene rings is 2. The van der Waals surface area contributed by atoms with E-state index in [0.29, 0.717) is 22.5 Å². The van der Waals surface area contributed by atoms with Gasteiger partial charge in [0.15, 0.2) is 0 Å². The van der Waals surface area contributed by atoms with Crippen LogP contribution < -0.4 is 5.73 Å². The van der Waals surface area contributed by atoms with E-state index in [1.54, 1.807) is 35.8 Å². The van der Waals surface area contributed by atoms with Gasteiger partial charge in [0, 0.05) is 21.4 Å². The molecule has 1 aromatic heterocycles. The number of hydrogen-bond donors (Lipinski definition) is 1. The third-order valence-electron chi connectivity index (χ3n) is 3.89. The second kappa shape index (κ2) is 6.34. The van der Waals surface area contributed by atoms with Gasteiger partial charge in [0.05, 0.1) is 11.3 Å². The minimum Gasteiger partial charge on any atom is -0.396 e. The summed E-state index contributed by atoms with van der Waals surface area (Å²) in [6.07, 6.45) is 0. The molecule has 0 bridgehead atoms. The summed E-state index contributed by atoms with van der Waals surface area (Å²) in [6, 6.07) is 18.6. The quantitative estimate of drug-likeness (QED) is 0.691. The number of nitrogens with zero attached hydrogens (tertiary/aromatic N) is 2. The van der Waals surface area contributed by atoms with Crippen LogP contribution in [0.3, 0.4) is 0 Å². The molecule has 3 aromatic rings. The maximum absolute atomic E-state index is 13.0. The molecule has 24 heavy (non-hydrogen) atoms. The van der Waals surface area contributed by atoms with Gasteiger partial charge in [0.25, 0.3) is 0 Å². The van der Waals surface area contributed by atoms with E-state index in [2.05, 4.69) is 22.0 Å². The summed E-state index contributed by atoms with van der Waals surface area (Å²) in [7, 11) is 0. The smallest absolute Gasteiger partial charge is 0.211 e. The van der Waals surface area contributed by atoms with E-state index in [4.69, 9.17) is 5.73 Å². The molecular weight excluding hydrogens is 366 g/mol. The van der Waals surface area contributed by atoms with Crippen LogP contribution in [-0.4, -0.2) is 10.4 Å². The van der Waals surface area contributed by atoms with Gasteiger partial charge in [-0.3, -0.25) is 4.79 Å². The highest BCUT2D eigenvalue weighted by Crippen LogP contribution is 2.30. The molecule has 5 heteroatoms. The number of nitrogens with two attached hydrogens (primary N) is 1. The van der Waals surface area contributed by atoms with Gasteiger partial charge in [-0.2, -0.15) is 5.26 Å². The number of nitriles is 1. The van der Waals surface area contributed by atoms with Crippen molar-refractivity contribution in [3.05, 3.63) is 81.6 Å². The van der Waals surface area contributed by atoms with Crippen LogP contribution in [0.5, 0.6) is 0 Å². The summed E-state index contributed by atoms with van der Waals surface area (Å²) in [5, 5.41) is 9.41. The molecule has 2 aromatic carbocycles. The van der Waals surface area contributed by atoms with Crippen LogP contribution in [0.25, 0.3) is 5.69 Å². The van der Waals surface area contributed by atoms with Crippen molar-refractivity contribution in [3.63, 3.8) is 0 Å². The fraction of sp³-hybridized carbons (Fsp3) is 0.0526. The number of ketones is 1. The zero-order valence-electron chi connectivity index (χ0n) is 13.0. The van der Waals surface area contributed by atoms with Crippen molar-refractivity contribution in [1.82, 2.24) is 4.57 Å². The topological polar surface area (TPSA) is 71.8 Å². The number of halogens is 1. The van der Waals surface area contributed by atoms with Crippen molar-refractivity contribution < 1.29 is 4.79 Å². The van der Waals surface area contributed by atoms with E-state index in [-0.39, 0.29) is 11.5 Å². The first-order valence-electron chi connectivity index (χ1n) is 7.31. The summed E-state index contributed by atoms with van der Waals surface area (Å²) in [4.78, 5) is 13.0. The summed E-state index contributed by atoms with van der Waals surface area (Å²) < 4.78 is 2.64. The molecule has 118 valence electrons. The van der Waals surface area contributed by atoms with Crippen LogP contribution in [0, 0.1) is 18.3 Å². The zero-order valence-corrected chi connectivity index (χ0v) is 14.5. The van der Waals surface area contributed by atoms with Gasteiger partial charge >= 0.3 is 0 Å². The number of nitrogen functional groups attached to an aromatic ring is 1. The van der Waals surface area contributed by atoms with Gasteiger partial charge in [-0.1, -0.05) is 34.1 Å². The third-order valence-corrected chi connectivity index (χ3v) is 4.42. The average molecular weight is 380 g/mol. The molecule has 0 aliphatic carbocycles. The molecule has 0 saturated heterocycles. The Morgan fingerprint density at radius 1 is 1.12 bits per heavy atom. The number of anilines is 1. The first kappa shape index (κ1) is 16.0. The van der Waals surface area contributed by atoms with Crippen LogP contribution in [0.4, 0.5) is 5.69 Å². The Morgan fingerprint density at radius 3 is 2.33 bits per heavy atom. The molecule has 0 radical (unpaired) electrons. The minimum atomic E-state index is -0.214. The molecule has 0 saturated carbocycles. The van der Waals surface area contributed by atoms with E-state index in [9.17, 15) is 10.1 Å². The van der Waals surface area contributed by atoms with Crippen molar-refractivity contribution in [1.29, 1.82) is 5.26 Å². The van der Waals surface area contributed by atoms with Crippen molar-refractivity contribution in [3.8, 4) is 11.8 Å². The van der Waals surface area contributed by atoms with E-state index in [1.807, 2.05) is 30.3 Å². The molecule has 0 aliphatic rings. The summed E-state index contributed by atoms with van der Waals surface area (Å²) in [6.45, 7) is 1.79. The lowest BCUT2D eigenvalue weighted by atomic mass is 10.1. The molecular formula is C19H14BrN3O. The Bertz CT molecular complexity index is 951. The van der Waals surface area contributed by atoms with Crippen molar-refractivity contribution >= 4 is 27.4 Å². The van der Waals surface area contributed by atoms with E-state index < -0.39 is 0 Å². The fourth-order valence-corrected chi connectivity index (χ4v) is 2.98. The van der Waals surface area contributed by atoms with Gasteiger partial charge in [0.2, 0.25) is 5.78 Å². The minimum absolute atomic E-state index is 0.214. The summed E-state index contributed by atoms with van der Waals surface area (Å²) >= 11 is 3.36. The van der Waals surface area contributed by atoms with E-state index in [1.165, 1.54) is 0 Å². The SMILES string of the molecule is Cc1c(C#N)c(N)c(C(=O)c2ccc(Br)cc2)n1-c1ccccc1. The predicted octanol–water partition coefficient (Wildman–Crippen LogP) is 4.23. The predicted molar refractivity (Wildman–Crippen MR) is 97.2 cm³/mol. The molecule has 0 spiro atoms. The lowest BCUT2D eigenvalue weighted by molar-refractivity contribution is 0.103. The number of carbonyl (C=O) groups excluding carboxylic acids is 1. The molecule has 2 N–H and O–H groups in total. The first-order valence-corrected chi connectivity index (χ1v) is 8.10. The lowest BCUT2D eigenvalue weighted by Crippen LogP contribution is -2.11. The summed E-state index contributed by atoms with van der Waals surface area (Å²) in [5.74, 6) is -0.214. The molecule has 0 amide bonds. The third kappa shape index (κ3) is 2.61. The molecule has 1 heterocycles. The molecule has 0 unspecified atom stereocenters. The summed E-state index contributed by atoms with van der Waals surface area (Å²) in [5.41, 5.74) is 8.98. The van der Waals surface area contributed by atoms with Crippen LogP contribution in [0.1, 0.15) is 27.3 Å². The number of rotatable bonds is 3. The second-order valence-electron chi connectivity index (χ2n) is 5.34. The van der Waals surface area contributed by atoms with Gasteiger partial charge in [0.1, 0.15) is 11.8 Å². The molecule has 0 fully saturated rings. The van der Waals surface area contributed by atoms with E-state index >= 15 is 0 Å². The van der Waals surface area contributed by atoms with Crippen LogP contribution in [0.15, 0.2) is 59.1 Å². The van der Waals surface area contributed by atoms with Crippen LogP contribution in [-0.2, 0) is 0 Å². The van der Waals surface area contributed by atoms with Gasteiger partial charge in [-0.05, 0) is 43.3 Å². The normalized spacial score (nSPS) is 10.4. The Hall–Kier alpha value is -2.84. The second-order valence-corrected chi connectivity index (χ2v) is 6.26. The maximum atomic E-state index is 13.0. The van der Waals surface area contributed by atoms with Crippen molar-refractivity contribution in [2.24, 2.45) is 0 Å². The highest BCUT2D eigenvalue weighted by Gasteiger charge is 2.25. The van der Waals surface area contributed by atoms with Crippen LogP contribution >= 0.6 is 15.9 Å². The van der Waals surface area contributed by atoms with Gasteiger partial charge in [-0.15, -0.1) is 0 Å². The Morgan fingerprint density at radius 2 is 1.75 bits per heavy atom. The largest absolute Gasteiger partial charge is 0.396 e. The van der Waals surface area contributed by atoms with Gasteiger partial charge in [-0.25, -0.2) is 0 Å². The lowest BCUT2D eigenvalue weighted by Gasteiger charge is -2.11. The molecule has 0 atom stereocenters. The zero-order chi connectivity index (χ0) is 17.3. The van der Waals surface area contributed by atoms with Gasteiger partial charge < -0.3 is 10.3 Å². The highest BCUT2D eigenvalue weighted by molar-refractivity contribution is 9.10. The van der Waals surface area contributed by atoms with Crippen molar-refractivity contribution in [2.45, 2.75) is 6.92 Å². The standard InChI is InChI=1S/C19H14BrN3O/c1-12-16(11-21)17(22)18(23(12)15-5-3-2-4-6-15)19(24)13-7-9-14(20)10-8-13/h2-10H,22H2,1H3. The molecule has 3 rings (SSSR count). The monoisotopic (exact) mass is 379 g/mol. The number of hydrogen-bond acceptors (Lipinski definition) is 3.